The van der Waals surface area contributed by atoms with Crippen LogP contribution in [0, 0.1) is 5.92 Å². The van der Waals surface area contributed by atoms with Crippen molar-refractivity contribution < 1.29 is 23.4 Å². The predicted molar refractivity (Wildman–Crippen MR) is 78.4 cm³/mol. The van der Waals surface area contributed by atoms with E-state index in [0.29, 0.717) is 5.92 Å². The Labute approximate surface area is 124 Å². The maximum atomic E-state index is 12.1. The molecule has 3 N–H and O–H groups in total. The van der Waals surface area contributed by atoms with Gasteiger partial charge in [0.1, 0.15) is 6.04 Å². The number of nitrogens with one attached hydrogen (secondary N) is 1. The molecular formula is C14H21NO5S. The van der Waals surface area contributed by atoms with Crippen LogP contribution in [-0.4, -0.2) is 37.2 Å². The van der Waals surface area contributed by atoms with Crippen LogP contribution in [0.5, 0.6) is 0 Å². The first-order chi connectivity index (χ1) is 9.76. The second-order valence-electron chi connectivity index (χ2n) is 5.27. The Morgan fingerprint density at radius 3 is 2.24 bits per heavy atom. The van der Waals surface area contributed by atoms with Crippen molar-refractivity contribution in [3.05, 3.63) is 29.8 Å². The van der Waals surface area contributed by atoms with E-state index in [1.54, 1.807) is 12.1 Å². The van der Waals surface area contributed by atoms with Crippen LogP contribution in [0.25, 0.3) is 0 Å². The Bertz CT molecular complexity index is 566. The SMILES string of the molecule is CC(C)Cc1ccc(S(=O)(=O)N[C@H](CCO)C(=O)O)cc1. The van der Waals surface area contributed by atoms with E-state index in [2.05, 4.69) is 18.6 Å². The third-order valence-corrected chi connectivity index (χ3v) is 4.38. The van der Waals surface area contributed by atoms with E-state index in [4.69, 9.17) is 10.2 Å². The summed E-state index contributed by atoms with van der Waals surface area (Å²) >= 11 is 0. The van der Waals surface area contributed by atoms with Crippen molar-refractivity contribution in [1.29, 1.82) is 0 Å². The number of hydrogen-bond donors (Lipinski definition) is 3. The third kappa shape index (κ3) is 5.45. The first-order valence-corrected chi connectivity index (χ1v) is 8.19. The van der Waals surface area contributed by atoms with Gasteiger partial charge in [-0.25, -0.2) is 8.42 Å². The molecule has 21 heavy (non-hydrogen) atoms. The van der Waals surface area contributed by atoms with Gasteiger partial charge in [0.15, 0.2) is 0 Å². The number of carbonyl (C=O) groups is 1. The summed E-state index contributed by atoms with van der Waals surface area (Å²) in [6.07, 6.45) is 0.663. The van der Waals surface area contributed by atoms with Gasteiger partial charge in [0.2, 0.25) is 10.0 Å². The van der Waals surface area contributed by atoms with Crippen LogP contribution in [0.4, 0.5) is 0 Å². The minimum absolute atomic E-state index is 0.0131. The van der Waals surface area contributed by atoms with Crippen LogP contribution < -0.4 is 4.72 Å². The van der Waals surface area contributed by atoms with Gasteiger partial charge in [-0.2, -0.15) is 4.72 Å². The third-order valence-electron chi connectivity index (χ3n) is 2.89. The van der Waals surface area contributed by atoms with Crippen LogP contribution in [0.2, 0.25) is 0 Å². The summed E-state index contributed by atoms with van der Waals surface area (Å²) in [4.78, 5) is 10.9. The fraction of sp³-hybridized carbons (Fsp3) is 0.500. The average Bonchev–Trinajstić information content (AvgIpc) is 2.37. The van der Waals surface area contributed by atoms with Crippen LogP contribution >= 0.6 is 0 Å². The molecule has 118 valence electrons. The highest BCUT2D eigenvalue weighted by Crippen LogP contribution is 2.14. The van der Waals surface area contributed by atoms with E-state index >= 15 is 0 Å². The lowest BCUT2D eigenvalue weighted by Gasteiger charge is -2.14. The minimum Gasteiger partial charge on any atom is -0.480 e. The molecule has 0 fully saturated rings. The van der Waals surface area contributed by atoms with Gasteiger partial charge in [-0.15, -0.1) is 0 Å². The van der Waals surface area contributed by atoms with Crippen molar-refractivity contribution in [2.45, 2.75) is 37.6 Å². The number of carboxylic acids is 1. The summed E-state index contributed by atoms with van der Waals surface area (Å²) in [6, 6.07) is 5.01. The molecule has 6 nitrogen and oxygen atoms in total. The van der Waals surface area contributed by atoms with Gasteiger partial charge in [-0.05, 0) is 36.5 Å². The van der Waals surface area contributed by atoms with Gasteiger partial charge in [0, 0.05) is 6.61 Å². The average molecular weight is 315 g/mol. The topological polar surface area (TPSA) is 104 Å². The molecule has 0 saturated heterocycles. The van der Waals surface area contributed by atoms with E-state index in [1.807, 2.05) is 0 Å². The smallest absolute Gasteiger partial charge is 0.321 e. The van der Waals surface area contributed by atoms with Crippen molar-refractivity contribution in [3.63, 3.8) is 0 Å². The molecule has 0 aliphatic heterocycles. The van der Waals surface area contributed by atoms with Crippen molar-refractivity contribution in [3.8, 4) is 0 Å². The zero-order valence-electron chi connectivity index (χ0n) is 12.1. The largest absolute Gasteiger partial charge is 0.480 e. The summed E-state index contributed by atoms with van der Waals surface area (Å²) in [6.45, 7) is 3.73. The first kappa shape index (κ1) is 17.6. The number of aliphatic carboxylic acids is 1. The minimum atomic E-state index is -3.91. The zero-order chi connectivity index (χ0) is 16.0. The molecule has 0 amide bonds. The van der Waals surface area contributed by atoms with Crippen molar-refractivity contribution in [1.82, 2.24) is 4.72 Å². The molecular weight excluding hydrogens is 294 g/mol. The van der Waals surface area contributed by atoms with Crippen LogP contribution in [0.3, 0.4) is 0 Å². The molecule has 0 aromatic heterocycles. The summed E-state index contributed by atoms with van der Waals surface area (Å²) < 4.78 is 26.3. The molecule has 1 atom stereocenters. The van der Waals surface area contributed by atoms with Crippen molar-refractivity contribution in [2.75, 3.05) is 6.61 Å². The maximum absolute atomic E-state index is 12.1. The van der Waals surface area contributed by atoms with Crippen LogP contribution in [0.1, 0.15) is 25.8 Å². The Balaban J connectivity index is 2.89. The Morgan fingerprint density at radius 1 is 1.24 bits per heavy atom. The number of aliphatic hydroxyl groups excluding tert-OH is 1. The van der Waals surface area contributed by atoms with E-state index in [-0.39, 0.29) is 11.3 Å². The molecule has 0 bridgehead atoms. The second kappa shape index (κ2) is 7.53. The second-order valence-corrected chi connectivity index (χ2v) is 6.98. The fourth-order valence-corrected chi connectivity index (χ4v) is 3.12. The Kier molecular flexibility index (Phi) is 6.32. The van der Waals surface area contributed by atoms with Gasteiger partial charge in [0.25, 0.3) is 0 Å². The number of carboxylic acid groups (broad SMARTS) is 1. The highest BCUT2D eigenvalue weighted by molar-refractivity contribution is 7.89. The first-order valence-electron chi connectivity index (χ1n) is 6.71. The van der Waals surface area contributed by atoms with Crippen LogP contribution in [0.15, 0.2) is 29.2 Å². The van der Waals surface area contributed by atoms with E-state index in [1.165, 1.54) is 12.1 Å². The van der Waals surface area contributed by atoms with Crippen molar-refractivity contribution in [2.24, 2.45) is 5.92 Å². The molecule has 7 heteroatoms. The lowest BCUT2D eigenvalue weighted by molar-refractivity contribution is -0.139. The summed E-state index contributed by atoms with van der Waals surface area (Å²) in [5.74, 6) is -0.851. The lowest BCUT2D eigenvalue weighted by atomic mass is 10.0. The molecule has 1 aromatic carbocycles. The molecule has 1 aromatic rings. The predicted octanol–water partition coefficient (Wildman–Crippen LogP) is 0.999. The molecule has 0 unspecified atom stereocenters. The molecule has 0 aliphatic rings. The summed E-state index contributed by atoms with van der Waals surface area (Å²) in [7, 11) is -3.91. The normalized spacial score (nSPS) is 13.3. The number of rotatable bonds is 8. The molecule has 0 aliphatic carbocycles. The molecule has 0 heterocycles. The Hall–Kier alpha value is -1.44. The highest BCUT2D eigenvalue weighted by atomic mass is 32.2. The Morgan fingerprint density at radius 2 is 1.81 bits per heavy atom. The number of aliphatic hydroxyl groups is 1. The summed E-state index contributed by atoms with van der Waals surface area (Å²) in [5.41, 5.74) is 1.02. The number of sulfonamides is 1. The number of hydrogen-bond acceptors (Lipinski definition) is 4. The lowest BCUT2D eigenvalue weighted by Crippen LogP contribution is -2.41. The van der Waals surface area contributed by atoms with Crippen LogP contribution in [-0.2, 0) is 21.2 Å². The quantitative estimate of drug-likeness (QED) is 0.664. The number of benzene rings is 1. The molecule has 0 spiro atoms. The van der Waals surface area contributed by atoms with Gasteiger partial charge in [-0.1, -0.05) is 26.0 Å². The maximum Gasteiger partial charge on any atom is 0.321 e. The van der Waals surface area contributed by atoms with Gasteiger partial charge in [-0.3, -0.25) is 4.79 Å². The van der Waals surface area contributed by atoms with Gasteiger partial charge < -0.3 is 10.2 Å². The highest BCUT2D eigenvalue weighted by Gasteiger charge is 2.24. The van der Waals surface area contributed by atoms with Crippen molar-refractivity contribution >= 4 is 16.0 Å². The molecule has 1 rings (SSSR count). The molecule has 0 saturated carbocycles. The standard InChI is InChI=1S/C14H21NO5S/c1-10(2)9-11-3-5-12(6-4-11)21(19,20)15-13(7-8-16)14(17)18/h3-6,10,13,15-16H,7-9H2,1-2H3,(H,17,18)/t13-/m1/s1. The summed E-state index contributed by atoms with van der Waals surface area (Å²) in [5, 5.41) is 17.7. The molecule has 0 radical (unpaired) electrons. The van der Waals surface area contributed by atoms with E-state index < -0.39 is 28.6 Å². The van der Waals surface area contributed by atoms with Gasteiger partial charge in [0.05, 0.1) is 4.90 Å². The fourth-order valence-electron chi connectivity index (χ4n) is 1.89. The van der Waals surface area contributed by atoms with Gasteiger partial charge >= 0.3 is 5.97 Å². The van der Waals surface area contributed by atoms with E-state index in [0.717, 1.165) is 12.0 Å². The zero-order valence-corrected chi connectivity index (χ0v) is 12.9. The van der Waals surface area contributed by atoms with E-state index in [9.17, 15) is 13.2 Å². The monoisotopic (exact) mass is 315 g/mol.